The van der Waals surface area contributed by atoms with E-state index < -0.39 is 23.4 Å². The monoisotopic (exact) mass is 440 g/mol. The third-order valence-electron chi connectivity index (χ3n) is 5.63. The topological polar surface area (TPSA) is 81.8 Å². The van der Waals surface area contributed by atoms with E-state index in [2.05, 4.69) is 29.4 Å². The van der Waals surface area contributed by atoms with Crippen molar-refractivity contribution in [3.05, 3.63) is 28.2 Å². The molecule has 0 spiro atoms. The van der Waals surface area contributed by atoms with Gasteiger partial charge in [0, 0.05) is 46.8 Å². The van der Waals surface area contributed by atoms with Crippen LogP contribution in [0, 0.1) is 5.92 Å². The largest absolute Gasteiger partial charge is 0.362 e. The summed E-state index contributed by atoms with van der Waals surface area (Å²) in [6, 6.07) is 5.06. The summed E-state index contributed by atoms with van der Waals surface area (Å²) in [5.74, 6) is -0.829. The minimum absolute atomic E-state index is 0.0253. The number of nitrogens with zero attached hydrogens (tertiary/aromatic N) is 2. The van der Waals surface area contributed by atoms with Crippen LogP contribution < -0.4 is 15.5 Å². The number of amides is 4. The van der Waals surface area contributed by atoms with E-state index in [0.29, 0.717) is 23.1 Å². The van der Waals surface area contributed by atoms with Crippen LogP contribution in [0.3, 0.4) is 0 Å². The number of rotatable bonds is 4. The van der Waals surface area contributed by atoms with Gasteiger partial charge in [-0.05, 0) is 45.4 Å². The summed E-state index contributed by atoms with van der Waals surface area (Å²) in [6.07, 6.45) is 0.246. The molecule has 0 radical (unpaired) electrons. The number of hydrogen-bond acceptors (Lipinski definition) is 4. The predicted octanol–water partition coefficient (Wildman–Crippen LogP) is 3.04. The zero-order valence-electron chi connectivity index (χ0n) is 17.0. The molecule has 2 aliphatic rings. The molecule has 7 nitrogen and oxygen atoms in total. The molecular formula is C20H26Cl2N4O3. The molecule has 2 heterocycles. The van der Waals surface area contributed by atoms with Gasteiger partial charge in [-0.2, -0.15) is 0 Å². The van der Waals surface area contributed by atoms with Gasteiger partial charge in [-0.25, -0.2) is 4.79 Å². The maximum Gasteiger partial charge on any atom is 0.322 e. The third kappa shape index (κ3) is 4.46. The number of benzene rings is 1. The van der Waals surface area contributed by atoms with Crippen LogP contribution in [0.5, 0.6) is 0 Å². The van der Waals surface area contributed by atoms with Crippen molar-refractivity contribution in [2.24, 2.45) is 5.92 Å². The van der Waals surface area contributed by atoms with Gasteiger partial charge < -0.3 is 15.1 Å². The number of urea groups is 1. The summed E-state index contributed by atoms with van der Waals surface area (Å²) in [5.41, 5.74) is -0.136. The summed E-state index contributed by atoms with van der Waals surface area (Å²) in [7, 11) is 0. The Labute approximate surface area is 180 Å². The van der Waals surface area contributed by atoms with Gasteiger partial charge in [0.15, 0.2) is 0 Å². The summed E-state index contributed by atoms with van der Waals surface area (Å²) in [6.45, 7) is 8.65. The second-order valence-electron chi connectivity index (χ2n) is 8.32. The molecule has 0 aromatic heterocycles. The molecule has 2 saturated heterocycles. The van der Waals surface area contributed by atoms with Crippen LogP contribution in [0.15, 0.2) is 18.2 Å². The Hall–Kier alpha value is -1.99. The van der Waals surface area contributed by atoms with Crippen molar-refractivity contribution >= 4 is 46.7 Å². The van der Waals surface area contributed by atoms with Crippen molar-refractivity contribution in [1.82, 2.24) is 15.5 Å². The summed E-state index contributed by atoms with van der Waals surface area (Å²) < 4.78 is 0. The van der Waals surface area contributed by atoms with Crippen LogP contribution in [0.1, 0.15) is 34.1 Å². The van der Waals surface area contributed by atoms with Crippen molar-refractivity contribution in [3.63, 3.8) is 0 Å². The zero-order chi connectivity index (χ0) is 21.5. The van der Waals surface area contributed by atoms with Gasteiger partial charge in [-0.15, -0.1) is 0 Å². The molecule has 0 saturated carbocycles. The maximum atomic E-state index is 13.1. The van der Waals surface area contributed by atoms with E-state index in [1.807, 2.05) is 17.0 Å². The lowest BCUT2D eigenvalue weighted by atomic mass is 9.88. The number of halogens is 2. The number of piperazine rings is 1. The van der Waals surface area contributed by atoms with Gasteiger partial charge >= 0.3 is 6.03 Å². The van der Waals surface area contributed by atoms with Gasteiger partial charge in [0.25, 0.3) is 5.91 Å². The molecule has 2 fully saturated rings. The molecule has 2 N–H and O–H groups in total. The molecule has 0 aliphatic carbocycles. The van der Waals surface area contributed by atoms with Crippen molar-refractivity contribution in [2.45, 2.75) is 51.7 Å². The van der Waals surface area contributed by atoms with Crippen molar-refractivity contribution in [1.29, 1.82) is 0 Å². The van der Waals surface area contributed by atoms with Crippen LogP contribution >= 0.6 is 23.2 Å². The lowest BCUT2D eigenvalue weighted by molar-refractivity contribution is -0.137. The molecular weight excluding hydrogens is 415 g/mol. The van der Waals surface area contributed by atoms with Gasteiger partial charge in [-0.1, -0.05) is 30.1 Å². The highest BCUT2D eigenvalue weighted by molar-refractivity contribution is 6.35. The molecule has 158 valence electrons. The number of carbonyl (C=O) groups excluding carboxylic acids is 3. The molecule has 1 aromatic rings. The third-order valence-corrected chi connectivity index (χ3v) is 6.07. The molecule has 2 aliphatic heterocycles. The highest BCUT2D eigenvalue weighted by atomic mass is 35.5. The Bertz CT molecular complexity index is 817. The van der Waals surface area contributed by atoms with E-state index in [9.17, 15) is 14.4 Å². The number of hydrogen-bond donors (Lipinski definition) is 2. The lowest BCUT2D eigenvalue weighted by Gasteiger charge is -2.46. The van der Waals surface area contributed by atoms with E-state index in [1.54, 1.807) is 19.9 Å². The predicted molar refractivity (Wildman–Crippen MR) is 113 cm³/mol. The summed E-state index contributed by atoms with van der Waals surface area (Å²) in [5, 5.41) is 6.00. The highest BCUT2D eigenvalue weighted by Gasteiger charge is 2.44. The van der Waals surface area contributed by atoms with Crippen LogP contribution in [0.2, 0.25) is 10.0 Å². The van der Waals surface area contributed by atoms with Crippen molar-refractivity contribution < 1.29 is 14.4 Å². The van der Waals surface area contributed by atoms with Crippen LogP contribution in [-0.4, -0.2) is 53.5 Å². The normalized spacial score (nSPS) is 28.2. The lowest BCUT2D eigenvalue weighted by Crippen LogP contribution is -2.59. The Morgan fingerprint density at radius 1 is 1.17 bits per heavy atom. The first-order valence-corrected chi connectivity index (χ1v) is 10.4. The molecule has 3 rings (SSSR count). The van der Waals surface area contributed by atoms with Crippen molar-refractivity contribution in [2.75, 3.05) is 18.0 Å². The Morgan fingerprint density at radius 3 is 2.21 bits per heavy atom. The zero-order valence-corrected chi connectivity index (χ0v) is 18.5. The smallest absolute Gasteiger partial charge is 0.322 e. The fourth-order valence-corrected chi connectivity index (χ4v) is 4.95. The first-order chi connectivity index (χ1) is 13.5. The van der Waals surface area contributed by atoms with Gasteiger partial charge in [0.2, 0.25) is 5.91 Å². The summed E-state index contributed by atoms with van der Waals surface area (Å²) >= 11 is 12.3. The fourth-order valence-electron chi connectivity index (χ4n) is 4.43. The quantitative estimate of drug-likeness (QED) is 0.704. The SMILES string of the molecule is CC(CC1(C)NC(=O)NC1=O)C(=O)N1C[C@H](C)N(c2cc(Cl)cc(Cl)c2)[C@@H](C)C1. The minimum Gasteiger partial charge on any atom is -0.362 e. The summed E-state index contributed by atoms with van der Waals surface area (Å²) in [4.78, 5) is 40.7. The first-order valence-electron chi connectivity index (χ1n) is 9.67. The fraction of sp³-hybridized carbons (Fsp3) is 0.550. The molecule has 1 aromatic carbocycles. The maximum absolute atomic E-state index is 13.1. The van der Waals surface area contributed by atoms with Crippen molar-refractivity contribution in [3.8, 4) is 0 Å². The average Bonchev–Trinajstić information content (AvgIpc) is 2.84. The number of carbonyl (C=O) groups is 3. The molecule has 2 unspecified atom stereocenters. The molecule has 4 amide bonds. The minimum atomic E-state index is -1.07. The van der Waals surface area contributed by atoms with Crippen LogP contribution in [0.4, 0.5) is 10.5 Å². The number of imide groups is 1. The Balaban J connectivity index is 1.69. The van der Waals surface area contributed by atoms with Crippen LogP contribution in [0.25, 0.3) is 0 Å². The van der Waals surface area contributed by atoms with Gasteiger partial charge in [0.05, 0.1) is 0 Å². The number of anilines is 1. The molecule has 29 heavy (non-hydrogen) atoms. The van der Waals surface area contributed by atoms with E-state index in [1.165, 1.54) is 0 Å². The second kappa shape index (κ2) is 8.03. The average molecular weight is 441 g/mol. The Kier molecular flexibility index (Phi) is 6.01. The van der Waals surface area contributed by atoms with E-state index in [4.69, 9.17) is 23.2 Å². The standard InChI is InChI=1S/C20H26Cl2N4O3/c1-11(8-20(4)18(28)23-19(29)24-20)17(27)25-9-12(2)26(13(3)10-25)16-6-14(21)5-15(22)7-16/h5-7,11-13H,8-10H2,1-4H3,(H2,23,24,28,29)/t11?,12-,13-,20?/m0/s1. The first kappa shape index (κ1) is 21.7. The molecule has 4 atom stereocenters. The van der Waals surface area contributed by atoms with Gasteiger partial charge in [-0.3, -0.25) is 14.9 Å². The molecule has 9 heteroatoms. The van der Waals surface area contributed by atoms with E-state index in [-0.39, 0.29) is 24.4 Å². The second-order valence-corrected chi connectivity index (χ2v) is 9.19. The number of nitrogens with one attached hydrogen (secondary N) is 2. The van der Waals surface area contributed by atoms with E-state index in [0.717, 1.165) is 5.69 Å². The Morgan fingerprint density at radius 2 is 1.72 bits per heavy atom. The van der Waals surface area contributed by atoms with E-state index >= 15 is 0 Å². The van der Waals surface area contributed by atoms with Gasteiger partial charge in [0.1, 0.15) is 5.54 Å². The highest BCUT2D eigenvalue weighted by Crippen LogP contribution is 2.31. The van der Waals surface area contributed by atoms with Crippen LogP contribution in [-0.2, 0) is 9.59 Å². The molecule has 0 bridgehead atoms.